The summed E-state index contributed by atoms with van der Waals surface area (Å²) in [5, 5.41) is 24.5. The number of aromatic nitrogens is 2. The summed E-state index contributed by atoms with van der Waals surface area (Å²) < 4.78 is 6.56. The van der Waals surface area contributed by atoms with Crippen molar-refractivity contribution in [1.29, 1.82) is 0 Å². The van der Waals surface area contributed by atoms with E-state index in [-0.39, 0.29) is 24.5 Å². The van der Waals surface area contributed by atoms with Crippen LogP contribution >= 0.6 is 11.6 Å². The lowest BCUT2D eigenvalue weighted by Crippen LogP contribution is -2.07. The molecule has 0 aliphatic heterocycles. The Hall–Kier alpha value is -2.12. The molecular formula is C12H12ClN3O4. The van der Waals surface area contributed by atoms with E-state index in [9.17, 15) is 10.1 Å². The summed E-state index contributed by atoms with van der Waals surface area (Å²) in [6.45, 7) is -0.0481. The Labute approximate surface area is 119 Å². The first kappa shape index (κ1) is 14.3. The maximum atomic E-state index is 11.1. The molecule has 0 spiro atoms. The Kier molecular flexibility index (Phi) is 4.21. The van der Waals surface area contributed by atoms with Crippen LogP contribution in [-0.4, -0.2) is 33.5 Å². The molecule has 1 heterocycles. The van der Waals surface area contributed by atoms with Gasteiger partial charge in [-0.1, -0.05) is 11.6 Å². The Balaban J connectivity index is 2.69. The van der Waals surface area contributed by atoms with Gasteiger partial charge in [0.15, 0.2) is 0 Å². The molecule has 0 amide bonds. The molecule has 0 fully saturated rings. The molecule has 1 N–H and O–H groups in total. The van der Waals surface area contributed by atoms with E-state index in [1.54, 1.807) is 18.2 Å². The molecule has 0 unspecified atom stereocenters. The van der Waals surface area contributed by atoms with Crippen LogP contribution in [-0.2, 0) is 6.54 Å². The number of ether oxygens (including phenoxy) is 1. The third kappa shape index (κ3) is 2.59. The second-order valence-electron chi connectivity index (χ2n) is 3.93. The first-order valence-corrected chi connectivity index (χ1v) is 6.11. The van der Waals surface area contributed by atoms with Crippen LogP contribution in [0.2, 0.25) is 5.02 Å². The summed E-state index contributed by atoms with van der Waals surface area (Å²) in [5.74, 6) is 0.442. The number of halogens is 1. The molecule has 0 saturated heterocycles. The van der Waals surface area contributed by atoms with Crippen LogP contribution in [0, 0.1) is 10.1 Å². The van der Waals surface area contributed by atoms with Gasteiger partial charge < -0.3 is 9.84 Å². The third-order valence-corrected chi connectivity index (χ3v) is 2.98. The lowest BCUT2D eigenvalue weighted by atomic mass is 10.1. The lowest BCUT2D eigenvalue weighted by Gasteiger charge is -2.10. The first-order valence-electron chi connectivity index (χ1n) is 5.73. The molecule has 7 nitrogen and oxygen atoms in total. The molecule has 0 radical (unpaired) electrons. The van der Waals surface area contributed by atoms with Crippen LogP contribution in [0.15, 0.2) is 24.4 Å². The lowest BCUT2D eigenvalue weighted by molar-refractivity contribution is -0.384. The van der Waals surface area contributed by atoms with Crippen LogP contribution in [0.25, 0.3) is 11.3 Å². The standard InChI is InChI=1S/C12H12ClN3O4/c1-20-11-3-2-8(13)6-9(11)12-10(16(18)19)7-14-15(12)4-5-17/h2-3,6-7,17H,4-5H2,1H3. The Bertz CT molecular complexity index is 642. The third-order valence-electron chi connectivity index (χ3n) is 2.75. The molecule has 0 aliphatic carbocycles. The summed E-state index contributed by atoms with van der Waals surface area (Å²) in [7, 11) is 1.46. The van der Waals surface area contributed by atoms with Crippen molar-refractivity contribution in [3.63, 3.8) is 0 Å². The molecule has 1 aromatic carbocycles. The summed E-state index contributed by atoms with van der Waals surface area (Å²) in [6.07, 6.45) is 1.14. The number of hydrogen-bond acceptors (Lipinski definition) is 5. The molecule has 0 atom stereocenters. The van der Waals surface area contributed by atoms with E-state index in [2.05, 4.69) is 5.10 Å². The number of methoxy groups -OCH3 is 1. The van der Waals surface area contributed by atoms with Gasteiger partial charge in [0.05, 0.1) is 30.7 Å². The Morgan fingerprint density at radius 1 is 1.55 bits per heavy atom. The molecule has 20 heavy (non-hydrogen) atoms. The van der Waals surface area contributed by atoms with Crippen molar-refractivity contribution in [2.75, 3.05) is 13.7 Å². The van der Waals surface area contributed by atoms with Crippen LogP contribution in [0.1, 0.15) is 0 Å². The van der Waals surface area contributed by atoms with Crippen molar-refractivity contribution in [3.05, 3.63) is 39.5 Å². The van der Waals surface area contributed by atoms with Gasteiger partial charge in [-0.3, -0.25) is 14.8 Å². The first-order chi connectivity index (χ1) is 9.58. The fourth-order valence-corrected chi connectivity index (χ4v) is 2.09. The highest BCUT2D eigenvalue weighted by Crippen LogP contribution is 2.37. The monoisotopic (exact) mass is 297 g/mol. The van der Waals surface area contributed by atoms with E-state index in [4.69, 9.17) is 21.4 Å². The zero-order valence-corrected chi connectivity index (χ0v) is 11.4. The summed E-state index contributed by atoms with van der Waals surface area (Å²) in [4.78, 5) is 10.6. The normalized spacial score (nSPS) is 10.6. The number of benzene rings is 1. The van der Waals surface area contributed by atoms with Crippen molar-refractivity contribution in [1.82, 2.24) is 9.78 Å². The number of nitrogens with zero attached hydrogens (tertiary/aromatic N) is 3. The van der Waals surface area contributed by atoms with E-state index >= 15 is 0 Å². The van der Waals surface area contributed by atoms with Gasteiger partial charge in [0.25, 0.3) is 0 Å². The Morgan fingerprint density at radius 2 is 2.30 bits per heavy atom. The zero-order chi connectivity index (χ0) is 14.7. The molecule has 0 saturated carbocycles. The van der Waals surface area contributed by atoms with Gasteiger partial charge in [-0.05, 0) is 18.2 Å². The van der Waals surface area contributed by atoms with Crippen LogP contribution in [0.3, 0.4) is 0 Å². The summed E-state index contributed by atoms with van der Waals surface area (Å²) in [6, 6.07) is 4.82. The van der Waals surface area contributed by atoms with E-state index in [1.807, 2.05) is 0 Å². The number of aliphatic hydroxyl groups excluding tert-OH is 1. The SMILES string of the molecule is COc1ccc(Cl)cc1-c1c([N+](=O)[O-])cnn1CCO. The molecule has 0 aliphatic rings. The number of aliphatic hydroxyl groups is 1. The van der Waals surface area contributed by atoms with Crippen molar-refractivity contribution in [3.8, 4) is 17.0 Å². The number of nitro groups is 1. The van der Waals surface area contributed by atoms with E-state index in [1.165, 1.54) is 11.8 Å². The molecule has 1 aromatic heterocycles. The van der Waals surface area contributed by atoms with Gasteiger partial charge in [0.2, 0.25) is 0 Å². The van der Waals surface area contributed by atoms with E-state index in [0.717, 1.165) is 6.20 Å². The van der Waals surface area contributed by atoms with Crippen LogP contribution in [0.4, 0.5) is 5.69 Å². The van der Waals surface area contributed by atoms with Crippen molar-refractivity contribution < 1.29 is 14.8 Å². The highest BCUT2D eigenvalue weighted by Gasteiger charge is 2.24. The largest absolute Gasteiger partial charge is 0.496 e. The minimum atomic E-state index is -0.531. The molecule has 2 rings (SSSR count). The summed E-state index contributed by atoms with van der Waals surface area (Å²) in [5.41, 5.74) is 0.542. The molecule has 8 heteroatoms. The molecule has 106 valence electrons. The van der Waals surface area contributed by atoms with Crippen LogP contribution in [0.5, 0.6) is 5.75 Å². The minimum absolute atomic E-state index is 0.138. The number of hydrogen-bond donors (Lipinski definition) is 1. The quantitative estimate of drug-likeness (QED) is 0.674. The Morgan fingerprint density at radius 3 is 2.90 bits per heavy atom. The van der Waals surface area contributed by atoms with Gasteiger partial charge in [0, 0.05) is 5.02 Å². The highest BCUT2D eigenvalue weighted by atomic mass is 35.5. The van der Waals surface area contributed by atoms with Crippen molar-refractivity contribution in [2.45, 2.75) is 6.54 Å². The topological polar surface area (TPSA) is 90.4 Å². The molecular weight excluding hydrogens is 286 g/mol. The fraction of sp³-hybridized carbons (Fsp3) is 0.250. The van der Waals surface area contributed by atoms with E-state index in [0.29, 0.717) is 16.3 Å². The van der Waals surface area contributed by atoms with Gasteiger partial charge in [-0.15, -0.1) is 0 Å². The highest BCUT2D eigenvalue weighted by molar-refractivity contribution is 6.31. The average Bonchev–Trinajstić information content (AvgIpc) is 2.83. The van der Waals surface area contributed by atoms with Gasteiger partial charge >= 0.3 is 5.69 Å². The molecule has 0 bridgehead atoms. The molecule has 2 aromatic rings. The second kappa shape index (κ2) is 5.89. The minimum Gasteiger partial charge on any atom is -0.496 e. The summed E-state index contributed by atoms with van der Waals surface area (Å²) >= 11 is 5.95. The van der Waals surface area contributed by atoms with Gasteiger partial charge in [0.1, 0.15) is 17.6 Å². The zero-order valence-electron chi connectivity index (χ0n) is 10.6. The fourth-order valence-electron chi connectivity index (χ4n) is 1.92. The van der Waals surface area contributed by atoms with Gasteiger partial charge in [-0.25, -0.2) is 0 Å². The van der Waals surface area contributed by atoms with Crippen molar-refractivity contribution in [2.24, 2.45) is 0 Å². The number of rotatable bonds is 5. The predicted molar refractivity (Wildman–Crippen MR) is 73.0 cm³/mol. The second-order valence-corrected chi connectivity index (χ2v) is 4.36. The van der Waals surface area contributed by atoms with E-state index < -0.39 is 4.92 Å². The average molecular weight is 298 g/mol. The maximum absolute atomic E-state index is 11.1. The predicted octanol–water partition coefficient (Wildman–Crippen LogP) is 2.11. The maximum Gasteiger partial charge on any atom is 0.315 e. The van der Waals surface area contributed by atoms with Crippen molar-refractivity contribution >= 4 is 17.3 Å². The smallest absolute Gasteiger partial charge is 0.315 e. The van der Waals surface area contributed by atoms with Crippen LogP contribution < -0.4 is 4.74 Å². The van der Waals surface area contributed by atoms with Gasteiger partial charge in [-0.2, -0.15) is 5.10 Å².